The highest BCUT2D eigenvalue weighted by atomic mass is 16.5. The third kappa shape index (κ3) is 3.13. The summed E-state index contributed by atoms with van der Waals surface area (Å²) in [5.74, 6) is 0.204. The summed E-state index contributed by atoms with van der Waals surface area (Å²) < 4.78 is 5.11. The van der Waals surface area contributed by atoms with Gasteiger partial charge in [0.2, 0.25) is 0 Å². The molecule has 1 aromatic heterocycles. The van der Waals surface area contributed by atoms with Crippen molar-refractivity contribution in [2.75, 3.05) is 12.4 Å². The van der Waals surface area contributed by atoms with Crippen LogP contribution in [-0.2, 0) is 0 Å². The van der Waals surface area contributed by atoms with Crippen molar-refractivity contribution in [1.82, 2.24) is 4.98 Å². The summed E-state index contributed by atoms with van der Waals surface area (Å²) in [4.78, 5) is 16.1. The number of carbonyl (C=O) groups is 1. The van der Waals surface area contributed by atoms with E-state index in [2.05, 4.69) is 10.3 Å². The van der Waals surface area contributed by atoms with Crippen molar-refractivity contribution in [3.05, 3.63) is 53.9 Å². The number of pyridine rings is 1. The van der Waals surface area contributed by atoms with E-state index in [1.54, 1.807) is 12.3 Å². The maximum atomic E-state index is 12.2. The maximum Gasteiger partial charge on any atom is 0.259 e. The van der Waals surface area contributed by atoms with Crippen LogP contribution in [0.3, 0.4) is 0 Å². The molecule has 0 fully saturated rings. The normalized spacial score (nSPS) is 11.8. The Balaban J connectivity index is 2.15. The van der Waals surface area contributed by atoms with Crippen LogP contribution in [0.4, 0.5) is 5.69 Å². The second-order valence-electron chi connectivity index (χ2n) is 4.44. The van der Waals surface area contributed by atoms with E-state index in [4.69, 9.17) is 10.5 Å². The number of amides is 1. The predicted octanol–water partition coefficient (Wildman–Crippen LogP) is 2.36. The molecule has 0 radical (unpaired) electrons. The van der Waals surface area contributed by atoms with Gasteiger partial charge in [-0.25, -0.2) is 0 Å². The fourth-order valence-electron chi connectivity index (χ4n) is 1.80. The number of nitrogens with one attached hydrogen (secondary N) is 1. The monoisotopic (exact) mass is 271 g/mol. The highest BCUT2D eigenvalue weighted by Crippen LogP contribution is 2.19. The summed E-state index contributed by atoms with van der Waals surface area (Å²) in [5.41, 5.74) is 7.95. The fraction of sp³-hybridized carbons (Fsp3) is 0.200. The smallest absolute Gasteiger partial charge is 0.259 e. The minimum atomic E-state index is -0.238. The molecule has 2 rings (SSSR count). The molecule has 20 heavy (non-hydrogen) atoms. The zero-order valence-electron chi connectivity index (χ0n) is 11.5. The largest absolute Gasteiger partial charge is 0.494 e. The van der Waals surface area contributed by atoms with Crippen molar-refractivity contribution in [2.45, 2.75) is 13.0 Å². The van der Waals surface area contributed by atoms with Crippen LogP contribution >= 0.6 is 0 Å². The number of benzene rings is 1. The van der Waals surface area contributed by atoms with E-state index in [-0.39, 0.29) is 11.9 Å². The fourth-order valence-corrected chi connectivity index (χ4v) is 1.80. The maximum absolute atomic E-state index is 12.2. The Hall–Kier alpha value is -2.40. The first-order chi connectivity index (χ1) is 9.61. The Morgan fingerprint density at radius 2 is 2.00 bits per heavy atom. The van der Waals surface area contributed by atoms with Crippen LogP contribution in [0, 0.1) is 0 Å². The minimum absolute atomic E-state index is 0.0277. The second kappa shape index (κ2) is 6.16. The minimum Gasteiger partial charge on any atom is -0.494 e. The molecular weight excluding hydrogens is 254 g/mol. The molecule has 1 heterocycles. The van der Waals surface area contributed by atoms with Crippen LogP contribution < -0.4 is 15.8 Å². The lowest BCUT2D eigenvalue weighted by atomic mass is 10.1. The van der Waals surface area contributed by atoms with Crippen molar-refractivity contribution in [3.8, 4) is 5.75 Å². The van der Waals surface area contributed by atoms with Gasteiger partial charge in [-0.05, 0) is 30.7 Å². The first kappa shape index (κ1) is 14.0. The Morgan fingerprint density at radius 1 is 1.30 bits per heavy atom. The Labute approximate surface area is 117 Å². The number of rotatable bonds is 4. The van der Waals surface area contributed by atoms with Crippen LogP contribution in [0.5, 0.6) is 5.75 Å². The molecular formula is C15H17N3O2. The molecule has 3 N–H and O–H groups in total. The number of anilines is 1. The summed E-state index contributed by atoms with van der Waals surface area (Å²) >= 11 is 0. The topological polar surface area (TPSA) is 77.2 Å². The molecule has 1 aromatic carbocycles. The van der Waals surface area contributed by atoms with E-state index in [1.165, 1.54) is 13.3 Å². The zero-order valence-corrected chi connectivity index (χ0v) is 11.5. The number of methoxy groups -OCH3 is 1. The van der Waals surface area contributed by atoms with Gasteiger partial charge in [-0.15, -0.1) is 0 Å². The number of aromatic nitrogens is 1. The number of carbonyl (C=O) groups excluding carboxylic acids is 1. The molecule has 1 unspecified atom stereocenters. The van der Waals surface area contributed by atoms with Gasteiger partial charge < -0.3 is 15.8 Å². The van der Waals surface area contributed by atoms with Gasteiger partial charge in [-0.2, -0.15) is 0 Å². The summed E-state index contributed by atoms with van der Waals surface area (Å²) in [7, 11) is 1.51. The molecule has 104 valence electrons. The molecule has 0 bridgehead atoms. The Morgan fingerprint density at radius 3 is 2.60 bits per heavy atom. The predicted molar refractivity (Wildman–Crippen MR) is 77.8 cm³/mol. The van der Waals surface area contributed by atoms with Gasteiger partial charge in [0.05, 0.1) is 18.9 Å². The molecule has 0 aliphatic carbocycles. The molecule has 5 heteroatoms. The van der Waals surface area contributed by atoms with Gasteiger partial charge in [0.25, 0.3) is 5.91 Å². The van der Waals surface area contributed by atoms with Crippen LogP contribution in [-0.4, -0.2) is 18.0 Å². The van der Waals surface area contributed by atoms with E-state index >= 15 is 0 Å². The second-order valence-corrected chi connectivity index (χ2v) is 4.44. The highest BCUT2D eigenvalue weighted by Gasteiger charge is 2.12. The quantitative estimate of drug-likeness (QED) is 0.895. The van der Waals surface area contributed by atoms with Crippen molar-refractivity contribution in [2.24, 2.45) is 5.73 Å². The summed E-state index contributed by atoms with van der Waals surface area (Å²) in [6.45, 7) is 1.91. The number of hydrogen-bond acceptors (Lipinski definition) is 4. The van der Waals surface area contributed by atoms with E-state index in [1.807, 2.05) is 31.2 Å². The summed E-state index contributed by atoms with van der Waals surface area (Å²) in [6, 6.07) is 9.02. The molecule has 2 aromatic rings. The van der Waals surface area contributed by atoms with Gasteiger partial charge in [-0.1, -0.05) is 12.1 Å². The average Bonchev–Trinajstić information content (AvgIpc) is 2.47. The van der Waals surface area contributed by atoms with E-state index < -0.39 is 0 Å². The Kier molecular flexibility index (Phi) is 4.32. The third-order valence-electron chi connectivity index (χ3n) is 2.94. The van der Waals surface area contributed by atoms with Crippen molar-refractivity contribution in [1.29, 1.82) is 0 Å². The molecule has 0 aliphatic rings. The van der Waals surface area contributed by atoms with Crippen molar-refractivity contribution < 1.29 is 9.53 Å². The zero-order chi connectivity index (χ0) is 14.5. The lowest BCUT2D eigenvalue weighted by Gasteiger charge is -2.10. The molecule has 5 nitrogen and oxygen atoms in total. The van der Waals surface area contributed by atoms with E-state index in [0.717, 1.165) is 5.56 Å². The number of ether oxygens (including phenoxy) is 1. The van der Waals surface area contributed by atoms with Crippen LogP contribution in [0.25, 0.3) is 0 Å². The van der Waals surface area contributed by atoms with Gasteiger partial charge in [0, 0.05) is 17.9 Å². The van der Waals surface area contributed by atoms with Crippen LogP contribution in [0.1, 0.15) is 28.9 Å². The number of hydrogen-bond donors (Lipinski definition) is 2. The average molecular weight is 271 g/mol. The van der Waals surface area contributed by atoms with Crippen LogP contribution in [0.2, 0.25) is 0 Å². The summed E-state index contributed by atoms with van der Waals surface area (Å²) in [5, 5.41) is 2.81. The lowest BCUT2D eigenvalue weighted by molar-refractivity contribution is 0.102. The molecule has 0 saturated heterocycles. The molecule has 0 spiro atoms. The van der Waals surface area contributed by atoms with Gasteiger partial charge in [0.15, 0.2) is 0 Å². The van der Waals surface area contributed by atoms with E-state index in [9.17, 15) is 4.79 Å². The van der Waals surface area contributed by atoms with Crippen molar-refractivity contribution in [3.63, 3.8) is 0 Å². The standard InChI is InChI=1S/C15H17N3O2/c1-10(16)11-3-5-12(6-4-11)18-15(19)13-7-8-17-9-14(13)20-2/h3-10H,16H2,1-2H3,(H,18,19). The molecule has 1 atom stereocenters. The summed E-state index contributed by atoms with van der Waals surface area (Å²) in [6.07, 6.45) is 3.06. The lowest BCUT2D eigenvalue weighted by Crippen LogP contribution is -2.13. The van der Waals surface area contributed by atoms with Gasteiger partial charge in [-0.3, -0.25) is 9.78 Å². The highest BCUT2D eigenvalue weighted by molar-refractivity contribution is 6.06. The molecule has 0 aliphatic heterocycles. The van der Waals surface area contributed by atoms with Crippen molar-refractivity contribution >= 4 is 11.6 Å². The van der Waals surface area contributed by atoms with Gasteiger partial charge >= 0.3 is 0 Å². The first-order valence-corrected chi connectivity index (χ1v) is 6.26. The van der Waals surface area contributed by atoms with Gasteiger partial charge in [0.1, 0.15) is 5.75 Å². The molecule has 1 amide bonds. The Bertz CT molecular complexity index is 594. The first-order valence-electron chi connectivity index (χ1n) is 6.26. The number of nitrogens with zero attached hydrogens (tertiary/aromatic N) is 1. The SMILES string of the molecule is COc1cnccc1C(=O)Nc1ccc(C(C)N)cc1. The van der Waals surface area contributed by atoms with Crippen LogP contribution in [0.15, 0.2) is 42.7 Å². The third-order valence-corrected chi connectivity index (χ3v) is 2.94. The van der Waals surface area contributed by atoms with E-state index in [0.29, 0.717) is 17.0 Å². The molecule has 0 saturated carbocycles. The number of nitrogens with two attached hydrogens (primary N) is 1.